The highest BCUT2D eigenvalue weighted by molar-refractivity contribution is 5.50. The summed E-state index contributed by atoms with van der Waals surface area (Å²) >= 11 is 0. The van der Waals surface area contributed by atoms with E-state index >= 15 is 0 Å². The molecule has 3 rings (SSSR count). The number of rotatable bonds is 4. The second-order valence-corrected chi connectivity index (χ2v) is 5.26. The summed E-state index contributed by atoms with van der Waals surface area (Å²) in [6, 6.07) is 13.1. The van der Waals surface area contributed by atoms with Crippen molar-refractivity contribution in [2.24, 2.45) is 0 Å². The Hall–Kier alpha value is -2.03. The molecule has 3 heteroatoms. The molecule has 0 bridgehead atoms. The first-order valence-corrected chi connectivity index (χ1v) is 6.76. The van der Waals surface area contributed by atoms with E-state index < -0.39 is 0 Å². The number of nitrogens with two attached hydrogens (primary N) is 1. The molecule has 98 valence electrons. The van der Waals surface area contributed by atoms with Crippen molar-refractivity contribution in [3.8, 4) is 0 Å². The second kappa shape index (κ2) is 4.92. The van der Waals surface area contributed by atoms with Crippen molar-refractivity contribution in [3.05, 3.63) is 53.9 Å². The molecule has 0 amide bonds. The van der Waals surface area contributed by atoms with Crippen molar-refractivity contribution in [2.45, 2.75) is 32.4 Å². The third-order valence-corrected chi connectivity index (χ3v) is 3.50. The van der Waals surface area contributed by atoms with Crippen LogP contribution >= 0.6 is 0 Å². The molecule has 1 fully saturated rings. The molecular formula is C16H19N3. The Kier molecular flexibility index (Phi) is 3.11. The Labute approximate surface area is 114 Å². The van der Waals surface area contributed by atoms with Gasteiger partial charge in [-0.2, -0.15) is 0 Å². The van der Waals surface area contributed by atoms with Gasteiger partial charge in [-0.3, -0.25) is 4.98 Å². The van der Waals surface area contributed by atoms with E-state index in [9.17, 15) is 0 Å². The van der Waals surface area contributed by atoms with Crippen LogP contribution in [0.3, 0.4) is 0 Å². The van der Waals surface area contributed by atoms with Gasteiger partial charge < -0.3 is 10.6 Å². The number of aryl methyl sites for hydroxylation is 1. The maximum absolute atomic E-state index is 5.86. The second-order valence-electron chi connectivity index (χ2n) is 5.26. The maximum Gasteiger partial charge on any atom is 0.0433 e. The average molecular weight is 253 g/mol. The largest absolute Gasteiger partial charge is 0.399 e. The number of benzene rings is 1. The minimum Gasteiger partial charge on any atom is -0.399 e. The van der Waals surface area contributed by atoms with Gasteiger partial charge in [0.15, 0.2) is 0 Å². The molecule has 1 aromatic heterocycles. The highest BCUT2D eigenvalue weighted by Gasteiger charge is 2.29. The summed E-state index contributed by atoms with van der Waals surface area (Å²) in [7, 11) is 0. The quantitative estimate of drug-likeness (QED) is 0.851. The molecule has 2 aromatic rings. The molecule has 1 saturated carbocycles. The predicted octanol–water partition coefficient (Wildman–Crippen LogP) is 3.14. The van der Waals surface area contributed by atoms with Gasteiger partial charge in [-0.25, -0.2) is 0 Å². The Bertz CT molecular complexity index is 576. The third kappa shape index (κ3) is 2.87. The Morgan fingerprint density at radius 1 is 1.26 bits per heavy atom. The summed E-state index contributed by atoms with van der Waals surface area (Å²) < 4.78 is 0. The van der Waals surface area contributed by atoms with E-state index in [0.717, 1.165) is 17.9 Å². The van der Waals surface area contributed by atoms with Gasteiger partial charge in [0.05, 0.1) is 0 Å². The van der Waals surface area contributed by atoms with Crippen molar-refractivity contribution < 1.29 is 0 Å². The zero-order valence-corrected chi connectivity index (χ0v) is 11.2. The number of hydrogen-bond acceptors (Lipinski definition) is 3. The molecule has 1 aliphatic rings. The van der Waals surface area contributed by atoms with Gasteiger partial charge in [-0.1, -0.05) is 12.1 Å². The smallest absolute Gasteiger partial charge is 0.0433 e. The maximum atomic E-state index is 5.86. The number of anilines is 2. The van der Waals surface area contributed by atoms with Gasteiger partial charge in [0.25, 0.3) is 0 Å². The molecule has 1 aromatic carbocycles. The van der Waals surface area contributed by atoms with Crippen molar-refractivity contribution in [2.75, 3.05) is 10.6 Å². The fourth-order valence-electron chi connectivity index (χ4n) is 2.41. The lowest BCUT2D eigenvalue weighted by molar-refractivity contribution is 0.792. The van der Waals surface area contributed by atoms with E-state index in [4.69, 9.17) is 5.73 Å². The SMILES string of the molecule is Cc1cc(N(Cc2cccc(N)c2)C2CC2)ccn1. The van der Waals surface area contributed by atoms with E-state index in [1.165, 1.54) is 24.1 Å². The van der Waals surface area contributed by atoms with E-state index in [1.54, 1.807) is 0 Å². The fraction of sp³-hybridized carbons (Fsp3) is 0.312. The van der Waals surface area contributed by atoms with Crippen LogP contribution in [0.25, 0.3) is 0 Å². The van der Waals surface area contributed by atoms with E-state index in [-0.39, 0.29) is 0 Å². The first kappa shape index (κ1) is 12.0. The summed E-state index contributed by atoms with van der Waals surface area (Å²) in [5.74, 6) is 0. The molecule has 0 atom stereocenters. The minimum absolute atomic E-state index is 0.670. The summed E-state index contributed by atoms with van der Waals surface area (Å²) in [6.45, 7) is 2.95. The number of aromatic nitrogens is 1. The number of nitrogens with zero attached hydrogens (tertiary/aromatic N) is 2. The number of nitrogen functional groups attached to an aromatic ring is 1. The Balaban J connectivity index is 1.86. The van der Waals surface area contributed by atoms with Crippen LogP contribution in [0.2, 0.25) is 0 Å². The van der Waals surface area contributed by atoms with Gasteiger partial charge in [0.2, 0.25) is 0 Å². The van der Waals surface area contributed by atoms with Crippen molar-refractivity contribution in [3.63, 3.8) is 0 Å². The highest BCUT2D eigenvalue weighted by atomic mass is 15.2. The lowest BCUT2D eigenvalue weighted by atomic mass is 10.1. The Morgan fingerprint density at radius 3 is 2.79 bits per heavy atom. The van der Waals surface area contributed by atoms with Crippen LogP contribution in [-0.2, 0) is 6.54 Å². The monoisotopic (exact) mass is 253 g/mol. The molecule has 0 unspecified atom stereocenters. The minimum atomic E-state index is 0.670. The summed E-state index contributed by atoms with van der Waals surface area (Å²) in [6.07, 6.45) is 4.45. The Morgan fingerprint density at radius 2 is 2.11 bits per heavy atom. The topological polar surface area (TPSA) is 42.1 Å². The van der Waals surface area contributed by atoms with Crippen LogP contribution in [0.5, 0.6) is 0 Å². The van der Waals surface area contributed by atoms with Gasteiger partial charge in [-0.15, -0.1) is 0 Å². The standard InChI is InChI=1S/C16H19N3/c1-12-9-16(7-8-18-12)19(15-5-6-15)11-13-3-2-4-14(17)10-13/h2-4,7-10,15H,5-6,11,17H2,1H3. The van der Waals surface area contributed by atoms with E-state index in [0.29, 0.717) is 6.04 Å². The van der Waals surface area contributed by atoms with Gasteiger partial charge in [-0.05, 0) is 49.6 Å². The molecule has 19 heavy (non-hydrogen) atoms. The first-order chi connectivity index (χ1) is 9.22. The molecule has 0 radical (unpaired) electrons. The molecule has 1 heterocycles. The molecule has 0 aliphatic heterocycles. The van der Waals surface area contributed by atoms with E-state index in [2.05, 4.69) is 34.1 Å². The van der Waals surface area contributed by atoms with Crippen molar-refractivity contribution in [1.29, 1.82) is 0 Å². The van der Waals surface area contributed by atoms with Crippen LogP contribution in [0, 0.1) is 6.92 Å². The van der Waals surface area contributed by atoms with Crippen molar-refractivity contribution >= 4 is 11.4 Å². The number of hydrogen-bond donors (Lipinski definition) is 1. The number of pyridine rings is 1. The summed E-state index contributed by atoms with van der Waals surface area (Å²) in [5, 5.41) is 0. The molecule has 0 saturated heterocycles. The summed E-state index contributed by atoms with van der Waals surface area (Å²) in [5.41, 5.74) is 10.3. The molecule has 2 N–H and O–H groups in total. The first-order valence-electron chi connectivity index (χ1n) is 6.76. The van der Waals surface area contributed by atoms with Crippen LogP contribution < -0.4 is 10.6 Å². The zero-order valence-electron chi connectivity index (χ0n) is 11.2. The molecule has 1 aliphatic carbocycles. The lowest BCUT2D eigenvalue weighted by Gasteiger charge is -2.25. The fourth-order valence-corrected chi connectivity index (χ4v) is 2.41. The van der Waals surface area contributed by atoms with Crippen molar-refractivity contribution in [1.82, 2.24) is 4.98 Å². The lowest BCUT2D eigenvalue weighted by Crippen LogP contribution is -2.25. The highest BCUT2D eigenvalue weighted by Crippen LogP contribution is 2.33. The zero-order chi connectivity index (χ0) is 13.2. The van der Waals surface area contributed by atoms with Crippen LogP contribution in [0.1, 0.15) is 24.1 Å². The van der Waals surface area contributed by atoms with E-state index in [1.807, 2.05) is 25.3 Å². The van der Waals surface area contributed by atoms with Crippen LogP contribution in [-0.4, -0.2) is 11.0 Å². The van der Waals surface area contributed by atoms with Gasteiger partial charge in [0.1, 0.15) is 0 Å². The van der Waals surface area contributed by atoms with Gasteiger partial charge in [0, 0.05) is 35.9 Å². The molecule has 0 spiro atoms. The third-order valence-electron chi connectivity index (χ3n) is 3.50. The summed E-state index contributed by atoms with van der Waals surface area (Å²) in [4.78, 5) is 6.74. The molecule has 3 nitrogen and oxygen atoms in total. The predicted molar refractivity (Wildman–Crippen MR) is 79.0 cm³/mol. The average Bonchev–Trinajstić information content (AvgIpc) is 3.20. The molecular weight excluding hydrogens is 234 g/mol. The van der Waals surface area contributed by atoms with Crippen LogP contribution in [0.4, 0.5) is 11.4 Å². The van der Waals surface area contributed by atoms with Gasteiger partial charge >= 0.3 is 0 Å². The van der Waals surface area contributed by atoms with Crippen LogP contribution in [0.15, 0.2) is 42.6 Å². The normalized spacial score (nSPS) is 14.4.